The Balaban J connectivity index is 1.53. The standard InChI is InChI=1S/C16H22N4O/c1-17-15-18-14(21)16(19-15)8-11-20(12-9-16)10-7-13-5-3-2-4-6-13/h2-6H,7-12H2,1H3,(H2,17,18,19,21). The summed E-state index contributed by atoms with van der Waals surface area (Å²) in [5.41, 5.74) is 0.938. The Morgan fingerprint density at radius 1 is 1.24 bits per heavy atom. The fourth-order valence-electron chi connectivity index (χ4n) is 3.10. The van der Waals surface area contributed by atoms with Crippen molar-refractivity contribution in [3.05, 3.63) is 35.9 Å². The summed E-state index contributed by atoms with van der Waals surface area (Å²) in [5, 5.41) is 6.08. The molecule has 2 fully saturated rings. The molecule has 2 heterocycles. The van der Waals surface area contributed by atoms with Gasteiger partial charge in [0.2, 0.25) is 0 Å². The van der Waals surface area contributed by atoms with Gasteiger partial charge in [0.15, 0.2) is 5.96 Å². The smallest absolute Gasteiger partial charge is 0.252 e. The third kappa shape index (κ3) is 2.93. The van der Waals surface area contributed by atoms with Gasteiger partial charge in [0.05, 0.1) is 0 Å². The first-order valence-electron chi connectivity index (χ1n) is 7.54. The normalized spacial score (nSPS) is 23.3. The summed E-state index contributed by atoms with van der Waals surface area (Å²) >= 11 is 0. The van der Waals surface area contributed by atoms with E-state index in [9.17, 15) is 4.79 Å². The number of amides is 1. The molecule has 3 rings (SSSR count). The van der Waals surface area contributed by atoms with Crippen LogP contribution in [0.2, 0.25) is 0 Å². The van der Waals surface area contributed by atoms with Crippen molar-refractivity contribution >= 4 is 11.9 Å². The van der Waals surface area contributed by atoms with Crippen molar-refractivity contribution in [2.24, 2.45) is 4.99 Å². The zero-order chi connectivity index (χ0) is 14.7. The largest absolute Gasteiger partial charge is 0.342 e. The van der Waals surface area contributed by atoms with Crippen LogP contribution in [0.4, 0.5) is 0 Å². The highest BCUT2D eigenvalue weighted by Crippen LogP contribution is 2.25. The number of guanidine groups is 1. The molecule has 0 aliphatic carbocycles. The van der Waals surface area contributed by atoms with E-state index in [0.29, 0.717) is 5.96 Å². The molecule has 0 atom stereocenters. The van der Waals surface area contributed by atoms with Gasteiger partial charge in [0, 0.05) is 26.7 Å². The number of aliphatic imine (C=N–C) groups is 1. The van der Waals surface area contributed by atoms with E-state index >= 15 is 0 Å². The molecule has 0 saturated carbocycles. The summed E-state index contributed by atoms with van der Waals surface area (Å²) < 4.78 is 0. The van der Waals surface area contributed by atoms with Gasteiger partial charge in [-0.1, -0.05) is 30.3 Å². The minimum Gasteiger partial charge on any atom is -0.342 e. The van der Waals surface area contributed by atoms with Crippen LogP contribution in [-0.4, -0.2) is 49.0 Å². The molecule has 1 spiro atoms. The van der Waals surface area contributed by atoms with E-state index in [1.165, 1.54) is 5.56 Å². The first kappa shape index (κ1) is 14.1. The van der Waals surface area contributed by atoms with Crippen LogP contribution < -0.4 is 10.6 Å². The van der Waals surface area contributed by atoms with E-state index < -0.39 is 5.54 Å². The van der Waals surface area contributed by atoms with Gasteiger partial charge in [-0.3, -0.25) is 15.1 Å². The number of carbonyl (C=O) groups is 1. The van der Waals surface area contributed by atoms with Crippen molar-refractivity contribution in [2.75, 3.05) is 26.7 Å². The van der Waals surface area contributed by atoms with Crippen LogP contribution >= 0.6 is 0 Å². The third-order valence-corrected chi connectivity index (χ3v) is 4.52. The maximum Gasteiger partial charge on any atom is 0.252 e. The lowest BCUT2D eigenvalue weighted by Crippen LogP contribution is -2.55. The Hall–Kier alpha value is -1.88. The molecular weight excluding hydrogens is 264 g/mol. The van der Waals surface area contributed by atoms with Crippen LogP contribution in [0.3, 0.4) is 0 Å². The average molecular weight is 286 g/mol. The SMILES string of the molecule is CN=C1NC(=O)C2(CCN(CCc3ccccc3)CC2)N1. The number of piperidine rings is 1. The second-order valence-electron chi connectivity index (χ2n) is 5.81. The van der Waals surface area contributed by atoms with Crippen molar-refractivity contribution in [1.82, 2.24) is 15.5 Å². The third-order valence-electron chi connectivity index (χ3n) is 4.52. The predicted molar refractivity (Wildman–Crippen MR) is 83.2 cm³/mol. The van der Waals surface area contributed by atoms with E-state index in [2.05, 4.69) is 44.8 Å². The van der Waals surface area contributed by atoms with Crippen molar-refractivity contribution in [1.29, 1.82) is 0 Å². The van der Waals surface area contributed by atoms with Crippen molar-refractivity contribution in [3.63, 3.8) is 0 Å². The summed E-state index contributed by atoms with van der Waals surface area (Å²) in [6.45, 7) is 2.95. The second kappa shape index (κ2) is 5.85. The van der Waals surface area contributed by atoms with E-state index in [1.807, 2.05) is 6.07 Å². The first-order valence-corrected chi connectivity index (χ1v) is 7.54. The number of nitrogens with one attached hydrogen (secondary N) is 2. The van der Waals surface area contributed by atoms with Gasteiger partial charge in [-0.2, -0.15) is 0 Å². The maximum atomic E-state index is 12.1. The number of hydrogen-bond donors (Lipinski definition) is 2. The Morgan fingerprint density at radius 3 is 2.57 bits per heavy atom. The molecule has 1 amide bonds. The quantitative estimate of drug-likeness (QED) is 0.863. The highest BCUT2D eigenvalue weighted by atomic mass is 16.2. The zero-order valence-corrected chi connectivity index (χ0v) is 12.4. The van der Waals surface area contributed by atoms with Gasteiger partial charge in [0.25, 0.3) is 5.91 Å². The second-order valence-corrected chi connectivity index (χ2v) is 5.81. The molecule has 2 aliphatic heterocycles. The summed E-state index contributed by atoms with van der Waals surface area (Å²) in [5.74, 6) is 0.684. The van der Waals surface area contributed by atoms with Crippen LogP contribution in [0.15, 0.2) is 35.3 Å². The first-order chi connectivity index (χ1) is 10.2. The lowest BCUT2D eigenvalue weighted by atomic mass is 9.87. The van der Waals surface area contributed by atoms with Crippen LogP contribution in [0.5, 0.6) is 0 Å². The summed E-state index contributed by atoms with van der Waals surface area (Å²) in [7, 11) is 1.69. The maximum absolute atomic E-state index is 12.1. The molecule has 0 aromatic heterocycles. The van der Waals surface area contributed by atoms with Crippen LogP contribution in [0, 0.1) is 0 Å². The topological polar surface area (TPSA) is 56.7 Å². The molecule has 0 unspecified atom stereocenters. The molecule has 112 valence electrons. The molecule has 21 heavy (non-hydrogen) atoms. The fourth-order valence-corrected chi connectivity index (χ4v) is 3.10. The van der Waals surface area contributed by atoms with Crippen molar-refractivity contribution < 1.29 is 4.79 Å². The molecule has 2 N–H and O–H groups in total. The number of nitrogens with zero attached hydrogens (tertiary/aromatic N) is 2. The highest BCUT2D eigenvalue weighted by Gasteiger charge is 2.46. The summed E-state index contributed by atoms with van der Waals surface area (Å²) in [6.07, 6.45) is 2.74. The Morgan fingerprint density at radius 2 is 1.95 bits per heavy atom. The molecular formula is C16H22N4O. The van der Waals surface area contributed by atoms with Gasteiger partial charge in [0.1, 0.15) is 5.54 Å². The zero-order valence-electron chi connectivity index (χ0n) is 12.4. The van der Waals surface area contributed by atoms with E-state index in [4.69, 9.17) is 0 Å². The molecule has 0 bridgehead atoms. The van der Waals surface area contributed by atoms with Crippen LogP contribution in [0.25, 0.3) is 0 Å². The monoisotopic (exact) mass is 286 g/mol. The van der Waals surface area contributed by atoms with Crippen molar-refractivity contribution in [3.8, 4) is 0 Å². The van der Waals surface area contributed by atoms with Crippen LogP contribution in [-0.2, 0) is 11.2 Å². The average Bonchev–Trinajstić information content (AvgIpc) is 2.84. The Bertz CT molecular complexity index is 532. The van der Waals surface area contributed by atoms with Crippen LogP contribution in [0.1, 0.15) is 18.4 Å². The molecule has 2 saturated heterocycles. The number of hydrogen-bond acceptors (Lipinski definition) is 3. The Kier molecular flexibility index (Phi) is 3.92. The van der Waals surface area contributed by atoms with E-state index in [-0.39, 0.29) is 5.91 Å². The molecule has 0 radical (unpaired) electrons. The lowest BCUT2D eigenvalue weighted by Gasteiger charge is -2.37. The molecule has 1 aromatic carbocycles. The number of likely N-dealkylation sites (tertiary alicyclic amines) is 1. The van der Waals surface area contributed by atoms with Gasteiger partial charge in [-0.05, 0) is 24.8 Å². The van der Waals surface area contributed by atoms with Gasteiger partial charge >= 0.3 is 0 Å². The molecule has 2 aliphatic rings. The summed E-state index contributed by atoms with van der Waals surface area (Å²) in [4.78, 5) is 18.6. The number of rotatable bonds is 3. The number of carbonyl (C=O) groups excluding carboxylic acids is 1. The van der Waals surface area contributed by atoms with Gasteiger partial charge in [-0.15, -0.1) is 0 Å². The van der Waals surface area contributed by atoms with E-state index in [0.717, 1.165) is 38.9 Å². The molecule has 5 nitrogen and oxygen atoms in total. The van der Waals surface area contributed by atoms with Crippen molar-refractivity contribution in [2.45, 2.75) is 24.8 Å². The fraction of sp³-hybridized carbons (Fsp3) is 0.500. The van der Waals surface area contributed by atoms with Gasteiger partial charge in [-0.25, -0.2) is 0 Å². The lowest BCUT2D eigenvalue weighted by molar-refractivity contribution is -0.125. The van der Waals surface area contributed by atoms with E-state index in [1.54, 1.807) is 7.05 Å². The molecule has 5 heteroatoms. The Labute approximate surface area is 125 Å². The predicted octanol–water partition coefficient (Wildman–Crippen LogP) is 0.769. The minimum absolute atomic E-state index is 0.0748. The minimum atomic E-state index is -0.432. The van der Waals surface area contributed by atoms with Gasteiger partial charge < -0.3 is 10.2 Å². The summed E-state index contributed by atoms with van der Waals surface area (Å²) in [6, 6.07) is 10.5. The number of benzene rings is 1. The highest BCUT2D eigenvalue weighted by molar-refractivity contribution is 6.09. The molecule has 1 aromatic rings.